The van der Waals surface area contributed by atoms with Crippen molar-refractivity contribution in [3.8, 4) is 0 Å². The molecule has 0 radical (unpaired) electrons. The summed E-state index contributed by atoms with van der Waals surface area (Å²) in [6.45, 7) is 5.15. The zero-order chi connectivity index (χ0) is 9.68. The molecule has 13 heavy (non-hydrogen) atoms. The Labute approximate surface area is 83.7 Å². The highest BCUT2D eigenvalue weighted by Gasteiger charge is 1.97. The van der Waals surface area contributed by atoms with E-state index in [0.717, 1.165) is 23.7 Å². The van der Waals surface area contributed by atoms with E-state index in [2.05, 4.69) is 28.7 Å². The largest absolute Gasteiger partial charge is 0.316 e. The number of thiazole rings is 1. The Morgan fingerprint density at radius 3 is 2.92 bits per heavy atom. The molecule has 1 rings (SSSR count). The van der Waals surface area contributed by atoms with E-state index in [1.54, 1.807) is 11.3 Å². The first-order valence-electron chi connectivity index (χ1n) is 4.52. The number of nitrogens with zero attached hydrogens (tertiary/aromatic N) is 1. The highest BCUT2D eigenvalue weighted by atomic mass is 32.1. The second-order valence-electron chi connectivity index (χ2n) is 2.98. The highest BCUT2D eigenvalue weighted by Crippen LogP contribution is 2.12. The van der Waals surface area contributed by atoms with E-state index in [-0.39, 0.29) is 0 Å². The summed E-state index contributed by atoms with van der Waals surface area (Å²) in [5.74, 6) is 0. The molecule has 0 amide bonds. The van der Waals surface area contributed by atoms with Gasteiger partial charge in [0.15, 0.2) is 0 Å². The highest BCUT2D eigenvalue weighted by molar-refractivity contribution is 7.09. The molecule has 1 aromatic rings. The van der Waals surface area contributed by atoms with Crippen molar-refractivity contribution in [1.82, 2.24) is 10.3 Å². The number of aromatic nitrogens is 1. The lowest BCUT2D eigenvalue weighted by atomic mass is 10.2. The van der Waals surface area contributed by atoms with Crippen LogP contribution in [0.1, 0.15) is 24.0 Å². The summed E-state index contributed by atoms with van der Waals surface area (Å²) < 4.78 is 0. The fraction of sp³-hybridized carbons (Fsp3) is 0.500. The zero-order valence-electron chi connectivity index (χ0n) is 8.42. The standard InChI is InChI=1S/C10H16N2S/c1-4-9(6-11-3)5-10-7-13-8(2)12-10/h5,7,11H,4,6H2,1-3H3. The monoisotopic (exact) mass is 196 g/mol. The summed E-state index contributed by atoms with van der Waals surface area (Å²) in [4.78, 5) is 4.40. The van der Waals surface area contributed by atoms with E-state index in [1.165, 1.54) is 5.57 Å². The lowest BCUT2D eigenvalue weighted by molar-refractivity contribution is 0.850. The van der Waals surface area contributed by atoms with Gasteiger partial charge < -0.3 is 5.32 Å². The van der Waals surface area contributed by atoms with Crippen LogP contribution in [0.25, 0.3) is 6.08 Å². The summed E-state index contributed by atoms with van der Waals surface area (Å²) in [6.07, 6.45) is 3.25. The molecule has 0 aliphatic heterocycles. The maximum absolute atomic E-state index is 4.40. The van der Waals surface area contributed by atoms with Crippen LogP contribution in [0.4, 0.5) is 0 Å². The number of hydrogen-bond acceptors (Lipinski definition) is 3. The second kappa shape index (κ2) is 5.14. The molecule has 1 heterocycles. The van der Waals surface area contributed by atoms with Crippen LogP contribution < -0.4 is 5.32 Å². The van der Waals surface area contributed by atoms with Crippen LogP contribution in [0.15, 0.2) is 11.0 Å². The molecule has 0 spiro atoms. The molecule has 0 aliphatic carbocycles. The van der Waals surface area contributed by atoms with Crippen LogP contribution >= 0.6 is 11.3 Å². The average Bonchev–Trinajstić information content (AvgIpc) is 2.50. The van der Waals surface area contributed by atoms with Crippen molar-refractivity contribution in [3.05, 3.63) is 21.7 Å². The van der Waals surface area contributed by atoms with Crippen molar-refractivity contribution in [1.29, 1.82) is 0 Å². The predicted molar refractivity (Wildman–Crippen MR) is 59.0 cm³/mol. The average molecular weight is 196 g/mol. The van der Waals surface area contributed by atoms with Gasteiger partial charge in [-0.05, 0) is 26.5 Å². The Balaban J connectivity index is 2.72. The van der Waals surface area contributed by atoms with Crippen LogP contribution in [0.2, 0.25) is 0 Å². The summed E-state index contributed by atoms with van der Waals surface area (Å²) in [5.41, 5.74) is 2.49. The molecule has 1 N–H and O–H groups in total. The first kappa shape index (κ1) is 10.4. The SMILES string of the molecule is CCC(=Cc1csc(C)n1)CNC. The molecule has 72 valence electrons. The number of nitrogens with one attached hydrogen (secondary N) is 1. The molecular formula is C10H16N2S. The van der Waals surface area contributed by atoms with Crippen LogP contribution in [0, 0.1) is 6.92 Å². The molecule has 0 aliphatic rings. The number of aryl methyl sites for hydroxylation is 1. The number of rotatable bonds is 4. The first-order valence-corrected chi connectivity index (χ1v) is 5.40. The van der Waals surface area contributed by atoms with Gasteiger partial charge in [0.25, 0.3) is 0 Å². The first-order chi connectivity index (χ1) is 6.26. The third-order valence-corrected chi connectivity index (χ3v) is 2.64. The molecule has 0 saturated carbocycles. The fourth-order valence-corrected chi connectivity index (χ4v) is 1.73. The van der Waals surface area contributed by atoms with Gasteiger partial charge in [-0.3, -0.25) is 0 Å². The van der Waals surface area contributed by atoms with Gasteiger partial charge in [-0.15, -0.1) is 11.3 Å². The van der Waals surface area contributed by atoms with E-state index >= 15 is 0 Å². The number of hydrogen-bond donors (Lipinski definition) is 1. The molecule has 1 aromatic heterocycles. The smallest absolute Gasteiger partial charge is 0.0901 e. The van der Waals surface area contributed by atoms with Gasteiger partial charge >= 0.3 is 0 Å². The van der Waals surface area contributed by atoms with Crippen LogP contribution in [0.3, 0.4) is 0 Å². The molecule has 0 atom stereocenters. The Kier molecular flexibility index (Phi) is 4.12. The number of likely N-dealkylation sites (N-methyl/N-ethyl adjacent to an activating group) is 1. The van der Waals surface area contributed by atoms with Gasteiger partial charge in [0.2, 0.25) is 0 Å². The van der Waals surface area contributed by atoms with Crippen LogP contribution in [-0.2, 0) is 0 Å². The van der Waals surface area contributed by atoms with Crippen molar-refractivity contribution in [2.24, 2.45) is 0 Å². The molecule has 0 aromatic carbocycles. The van der Waals surface area contributed by atoms with Crippen molar-refractivity contribution >= 4 is 17.4 Å². The molecule has 3 heteroatoms. The molecular weight excluding hydrogens is 180 g/mol. The lowest BCUT2D eigenvalue weighted by Gasteiger charge is -2.01. The predicted octanol–water partition coefficient (Wildman–Crippen LogP) is 2.46. The summed E-state index contributed by atoms with van der Waals surface area (Å²) in [7, 11) is 1.97. The van der Waals surface area contributed by atoms with Gasteiger partial charge in [-0.2, -0.15) is 0 Å². The van der Waals surface area contributed by atoms with E-state index in [1.807, 2.05) is 14.0 Å². The van der Waals surface area contributed by atoms with Gasteiger partial charge in [0, 0.05) is 11.9 Å². The minimum Gasteiger partial charge on any atom is -0.316 e. The van der Waals surface area contributed by atoms with Crippen molar-refractivity contribution in [3.63, 3.8) is 0 Å². The Hall–Kier alpha value is -0.670. The van der Waals surface area contributed by atoms with Crippen molar-refractivity contribution < 1.29 is 0 Å². The van der Waals surface area contributed by atoms with Gasteiger partial charge in [0.05, 0.1) is 10.7 Å². The molecule has 0 saturated heterocycles. The van der Waals surface area contributed by atoms with Gasteiger partial charge in [-0.1, -0.05) is 12.5 Å². The summed E-state index contributed by atoms with van der Waals surface area (Å²) in [5, 5.41) is 6.38. The normalized spacial score (nSPS) is 12.1. The van der Waals surface area contributed by atoms with E-state index in [0.29, 0.717) is 0 Å². The van der Waals surface area contributed by atoms with Gasteiger partial charge in [-0.25, -0.2) is 4.98 Å². The van der Waals surface area contributed by atoms with Gasteiger partial charge in [0.1, 0.15) is 0 Å². The van der Waals surface area contributed by atoms with Crippen molar-refractivity contribution in [2.75, 3.05) is 13.6 Å². The Morgan fingerprint density at radius 1 is 1.69 bits per heavy atom. The minimum atomic E-state index is 0.951. The third-order valence-electron chi connectivity index (χ3n) is 1.85. The van der Waals surface area contributed by atoms with Crippen LogP contribution in [0.5, 0.6) is 0 Å². The fourth-order valence-electron chi connectivity index (χ4n) is 1.16. The summed E-state index contributed by atoms with van der Waals surface area (Å²) in [6, 6.07) is 0. The molecule has 0 unspecified atom stereocenters. The Morgan fingerprint density at radius 2 is 2.46 bits per heavy atom. The zero-order valence-corrected chi connectivity index (χ0v) is 9.24. The summed E-state index contributed by atoms with van der Waals surface area (Å²) >= 11 is 1.70. The third kappa shape index (κ3) is 3.28. The maximum Gasteiger partial charge on any atom is 0.0901 e. The molecule has 2 nitrogen and oxygen atoms in total. The topological polar surface area (TPSA) is 24.9 Å². The van der Waals surface area contributed by atoms with E-state index in [4.69, 9.17) is 0 Å². The maximum atomic E-state index is 4.40. The molecule has 0 bridgehead atoms. The van der Waals surface area contributed by atoms with Crippen LogP contribution in [-0.4, -0.2) is 18.6 Å². The second-order valence-corrected chi connectivity index (χ2v) is 4.04. The van der Waals surface area contributed by atoms with E-state index < -0.39 is 0 Å². The minimum absolute atomic E-state index is 0.951. The lowest BCUT2D eigenvalue weighted by Crippen LogP contribution is -2.09. The Bertz CT molecular complexity index is 289. The quantitative estimate of drug-likeness (QED) is 0.800. The van der Waals surface area contributed by atoms with Crippen molar-refractivity contribution in [2.45, 2.75) is 20.3 Å². The molecule has 0 fully saturated rings. The van der Waals surface area contributed by atoms with E-state index in [9.17, 15) is 0 Å².